The van der Waals surface area contributed by atoms with Crippen LogP contribution in [0.2, 0.25) is 0 Å². The molecule has 0 saturated carbocycles. The summed E-state index contributed by atoms with van der Waals surface area (Å²) < 4.78 is 13.2. The summed E-state index contributed by atoms with van der Waals surface area (Å²) in [6, 6.07) is 7.14. The molecule has 0 saturated heterocycles. The maximum atomic E-state index is 13.2. The first-order valence-corrected chi connectivity index (χ1v) is 7.83. The summed E-state index contributed by atoms with van der Waals surface area (Å²) in [5.74, 6) is -0.528. The zero-order valence-corrected chi connectivity index (χ0v) is 13.7. The Kier molecular flexibility index (Phi) is 6.01. The molecule has 1 aromatic carbocycles. The zero-order valence-electron chi connectivity index (χ0n) is 13.7. The Labute approximate surface area is 140 Å². The number of nitrogens with one attached hydrogen (secondary N) is 2. The molecule has 0 fully saturated rings. The third kappa shape index (κ3) is 4.87. The van der Waals surface area contributed by atoms with Crippen LogP contribution in [0.3, 0.4) is 0 Å². The first-order valence-electron chi connectivity index (χ1n) is 7.83. The van der Waals surface area contributed by atoms with Gasteiger partial charge in [0.05, 0.1) is 11.9 Å². The average molecular weight is 329 g/mol. The van der Waals surface area contributed by atoms with Crippen LogP contribution in [0.1, 0.15) is 42.1 Å². The van der Waals surface area contributed by atoms with Gasteiger partial charge in [-0.3, -0.25) is 9.59 Å². The number of amides is 2. The fraction of sp³-hybridized carbons (Fsp3) is 0.278. The molecule has 0 radical (unpaired) electrons. The summed E-state index contributed by atoms with van der Waals surface area (Å²) in [5.41, 5.74) is 1.49. The Bertz CT molecular complexity index is 747. The highest BCUT2D eigenvalue weighted by Gasteiger charge is 2.10. The number of carbonyl (C=O) groups is 2. The van der Waals surface area contributed by atoms with Crippen molar-refractivity contribution in [2.24, 2.45) is 0 Å². The number of hydrogen-bond donors (Lipinski definition) is 2. The van der Waals surface area contributed by atoms with E-state index in [1.165, 1.54) is 30.5 Å². The molecule has 0 aliphatic heterocycles. The highest BCUT2D eigenvalue weighted by Crippen LogP contribution is 2.18. The average Bonchev–Trinajstić information content (AvgIpc) is 2.55. The molecule has 0 atom stereocenters. The Morgan fingerprint density at radius 2 is 2.00 bits per heavy atom. The van der Waals surface area contributed by atoms with Gasteiger partial charge in [0.1, 0.15) is 11.6 Å². The standard InChI is InChI=1S/C18H20FN3O2/c1-3-4-8-17(23)22-16-9-12(2)15(11-20-16)21-18(24)13-6-5-7-14(19)10-13/h5-7,9-11H,3-4,8H2,1-2H3,(H,21,24)(H,20,22,23). The lowest BCUT2D eigenvalue weighted by Crippen LogP contribution is -2.15. The Hall–Kier alpha value is -2.76. The van der Waals surface area contributed by atoms with E-state index in [2.05, 4.69) is 15.6 Å². The SMILES string of the molecule is CCCCC(=O)Nc1cc(C)c(NC(=O)c2cccc(F)c2)cn1. The van der Waals surface area contributed by atoms with Crippen LogP contribution in [0.5, 0.6) is 0 Å². The van der Waals surface area contributed by atoms with Crippen molar-refractivity contribution in [1.29, 1.82) is 0 Å². The molecule has 0 spiro atoms. The quantitative estimate of drug-likeness (QED) is 0.844. The van der Waals surface area contributed by atoms with E-state index in [1.807, 2.05) is 6.92 Å². The second kappa shape index (κ2) is 8.19. The number of anilines is 2. The highest BCUT2D eigenvalue weighted by molar-refractivity contribution is 6.04. The van der Waals surface area contributed by atoms with E-state index < -0.39 is 11.7 Å². The predicted molar refractivity (Wildman–Crippen MR) is 91.5 cm³/mol. The van der Waals surface area contributed by atoms with Gasteiger partial charge in [0.2, 0.25) is 5.91 Å². The number of carbonyl (C=O) groups excluding carboxylic acids is 2. The molecule has 0 bridgehead atoms. The van der Waals surface area contributed by atoms with Crippen molar-refractivity contribution in [2.75, 3.05) is 10.6 Å². The number of rotatable bonds is 6. The Morgan fingerprint density at radius 1 is 1.21 bits per heavy atom. The normalized spacial score (nSPS) is 10.3. The van der Waals surface area contributed by atoms with Crippen LogP contribution < -0.4 is 10.6 Å². The van der Waals surface area contributed by atoms with E-state index in [0.29, 0.717) is 17.9 Å². The minimum absolute atomic E-state index is 0.0831. The van der Waals surface area contributed by atoms with Crippen molar-refractivity contribution in [1.82, 2.24) is 4.98 Å². The number of aryl methyl sites for hydroxylation is 1. The van der Waals surface area contributed by atoms with Crippen LogP contribution in [0, 0.1) is 12.7 Å². The summed E-state index contributed by atoms with van der Waals surface area (Å²) in [6.45, 7) is 3.82. The summed E-state index contributed by atoms with van der Waals surface area (Å²) >= 11 is 0. The molecule has 2 N–H and O–H groups in total. The number of benzene rings is 1. The highest BCUT2D eigenvalue weighted by atomic mass is 19.1. The van der Waals surface area contributed by atoms with Gasteiger partial charge < -0.3 is 10.6 Å². The van der Waals surface area contributed by atoms with Gasteiger partial charge in [-0.15, -0.1) is 0 Å². The number of aromatic nitrogens is 1. The van der Waals surface area contributed by atoms with Crippen LogP contribution in [0.4, 0.5) is 15.9 Å². The van der Waals surface area contributed by atoms with Crippen LogP contribution in [0.25, 0.3) is 0 Å². The molecule has 1 heterocycles. The molecule has 2 rings (SSSR count). The van der Waals surface area contributed by atoms with Crippen LogP contribution in [-0.2, 0) is 4.79 Å². The van der Waals surface area contributed by atoms with E-state index in [1.54, 1.807) is 13.0 Å². The number of halogens is 1. The van der Waals surface area contributed by atoms with Gasteiger partial charge in [-0.25, -0.2) is 9.37 Å². The van der Waals surface area contributed by atoms with Crippen LogP contribution >= 0.6 is 0 Å². The Balaban J connectivity index is 2.04. The van der Waals surface area contributed by atoms with Crippen LogP contribution in [-0.4, -0.2) is 16.8 Å². The lowest BCUT2D eigenvalue weighted by molar-refractivity contribution is -0.116. The predicted octanol–water partition coefficient (Wildman–Crippen LogP) is 3.91. The van der Waals surface area contributed by atoms with Gasteiger partial charge in [0.25, 0.3) is 5.91 Å². The molecule has 126 valence electrons. The van der Waals surface area contributed by atoms with Crippen LogP contribution in [0.15, 0.2) is 36.5 Å². The van der Waals surface area contributed by atoms with Gasteiger partial charge in [-0.2, -0.15) is 0 Å². The van der Waals surface area contributed by atoms with Crippen molar-refractivity contribution in [3.63, 3.8) is 0 Å². The molecule has 0 aliphatic rings. The molecule has 5 nitrogen and oxygen atoms in total. The fourth-order valence-electron chi connectivity index (χ4n) is 2.12. The van der Waals surface area contributed by atoms with Gasteiger partial charge >= 0.3 is 0 Å². The molecule has 0 unspecified atom stereocenters. The fourth-order valence-corrected chi connectivity index (χ4v) is 2.12. The third-order valence-corrected chi connectivity index (χ3v) is 3.47. The smallest absolute Gasteiger partial charge is 0.255 e. The van der Waals surface area contributed by atoms with Crippen molar-refractivity contribution in [3.8, 4) is 0 Å². The van der Waals surface area contributed by atoms with Crippen molar-refractivity contribution < 1.29 is 14.0 Å². The van der Waals surface area contributed by atoms with E-state index in [4.69, 9.17) is 0 Å². The number of hydrogen-bond acceptors (Lipinski definition) is 3. The number of pyridine rings is 1. The van der Waals surface area contributed by atoms with E-state index in [9.17, 15) is 14.0 Å². The number of nitrogens with zero attached hydrogens (tertiary/aromatic N) is 1. The molecule has 6 heteroatoms. The van der Waals surface area contributed by atoms with Gasteiger partial charge in [-0.05, 0) is 43.2 Å². The largest absolute Gasteiger partial charge is 0.320 e. The van der Waals surface area contributed by atoms with E-state index in [-0.39, 0.29) is 11.5 Å². The molecule has 2 amide bonds. The van der Waals surface area contributed by atoms with Crippen molar-refractivity contribution in [2.45, 2.75) is 33.1 Å². The summed E-state index contributed by atoms with van der Waals surface area (Å²) in [4.78, 5) is 28.0. The maximum absolute atomic E-state index is 13.2. The minimum atomic E-state index is -0.470. The molecule has 24 heavy (non-hydrogen) atoms. The summed E-state index contributed by atoms with van der Waals surface area (Å²) in [7, 11) is 0. The van der Waals surface area contributed by atoms with E-state index in [0.717, 1.165) is 18.4 Å². The monoisotopic (exact) mass is 329 g/mol. The van der Waals surface area contributed by atoms with Gasteiger partial charge in [0, 0.05) is 12.0 Å². The van der Waals surface area contributed by atoms with Gasteiger partial charge in [0.15, 0.2) is 0 Å². The molecule has 2 aromatic rings. The van der Waals surface area contributed by atoms with E-state index >= 15 is 0 Å². The van der Waals surface area contributed by atoms with Crippen molar-refractivity contribution in [3.05, 3.63) is 53.5 Å². The maximum Gasteiger partial charge on any atom is 0.255 e. The molecule has 0 aliphatic carbocycles. The first-order chi connectivity index (χ1) is 11.5. The van der Waals surface area contributed by atoms with Gasteiger partial charge in [-0.1, -0.05) is 19.4 Å². The first kappa shape index (κ1) is 17.6. The lowest BCUT2D eigenvalue weighted by Gasteiger charge is -2.10. The van der Waals surface area contributed by atoms with Crippen molar-refractivity contribution >= 4 is 23.3 Å². The summed E-state index contributed by atoms with van der Waals surface area (Å²) in [5, 5.41) is 5.41. The lowest BCUT2D eigenvalue weighted by atomic mass is 10.2. The molecular weight excluding hydrogens is 309 g/mol. The summed E-state index contributed by atoms with van der Waals surface area (Å²) in [6.07, 6.45) is 3.70. The second-order valence-corrected chi connectivity index (χ2v) is 5.50. The second-order valence-electron chi connectivity index (χ2n) is 5.50. The number of unbranched alkanes of at least 4 members (excludes halogenated alkanes) is 1. The molecular formula is C18H20FN3O2. The molecule has 1 aromatic heterocycles. The Morgan fingerprint density at radius 3 is 2.67 bits per heavy atom. The zero-order chi connectivity index (χ0) is 17.5. The minimum Gasteiger partial charge on any atom is -0.320 e. The third-order valence-electron chi connectivity index (χ3n) is 3.47. The topological polar surface area (TPSA) is 71.1 Å².